The molecule has 1 N–H and O–H groups in total. The summed E-state index contributed by atoms with van der Waals surface area (Å²) in [5.41, 5.74) is 1.04. The molecule has 1 amide bonds. The van der Waals surface area contributed by atoms with Crippen LogP contribution in [0.3, 0.4) is 0 Å². The largest absolute Gasteiger partial charge is 0.481 e. The molecule has 0 bridgehead atoms. The first-order valence-corrected chi connectivity index (χ1v) is 6.12. The number of nitrogens with zero attached hydrogens (tertiary/aromatic N) is 1. The van der Waals surface area contributed by atoms with E-state index >= 15 is 0 Å². The van der Waals surface area contributed by atoms with Gasteiger partial charge in [-0.25, -0.2) is 0 Å². The van der Waals surface area contributed by atoms with Gasteiger partial charge >= 0.3 is 5.97 Å². The highest BCUT2D eigenvalue weighted by Gasteiger charge is 2.31. The molecule has 5 heteroatoms. The zero-order valence-corrected chi connectivity index (χ0v) is 10.6. The third kappa shape index (κ3) is 2.81. The number of rotatable bonds is 3. The maximum Gasteiger partial charge on any atom is 0.308 e. The molecule has 100 valence electrons. The van der Waals surface area contributed by atoms with Crippen LogP contribution in [0, 0.1) is 5.92 Å². The van der Waals surface area contributed by atoms with Gasteiger partial charge in [0, 0.05) is 24.2 Å². The number of hydrogen-bond acceptors (Lipinski definition) is 3. The summed E-state index contributed by atoms with van der Waals surface area (Å²) in [6.07, 6.45) is 0.493. The Morgan fingerprint density at radius 2 is 1.74 bits per heavy atom. The maximum absolute atomic E-state index is 12.1. The fourth-order valence-electron chi connectivity index (χ4n) is 2.18. The van der Waals surface area contributed by atoms with Gasteiger partial charge in [-0.05, 0) is 25.5 Å². The van der Waals surface area contributed by atoms with Crippen LogP contribution in [0.4, 0.5) is 0 Å². The van der Waals surface area contributed by atoms with E-state index < -0.39 is 11.9 Å². The van der Waals surface area contributed by atoms with Gasteiger partial charge in [-0.1, -0.05) is 12.1 Å². The second-order valence-corrected chi connectivity index (χ2v) is 4.71. The Hall–Kier alpha value is -2.17. The molecular weight excluding hydrogens is 246 g/mol. The van der Waals surface area contributed by atoms with Crippen molar-refractivity contribution in [3.8, 4) is 0 Å². The quantitative estimate of drug-likeness (QED) is 0.835. The molecule has 0 aliphatic carbocycles. The first kappa shape index (κ1) is 13.3. The second-order valence-electron chi connectivity index (χ2n) is 4.71. The molecule has 0 spiro atoms. The lowest BCUT2D eigenvalue weighted by Gasteiger charge is -2.15. The Morgan fingerprint density at radius 1 is 1.16 bits per heavy atom. The van der Waals surface area contributed by atoms with Gasteiger partial charge in [0.15, 0.2) is 5.78 Å². The van der Waals surface area contributed by atoms with Crippen LogP contribution in [0.15, 0.2) is 24.3 Å². The van der Waals surface area contributed by atoms with Crippen LogP contribution in [-0.4, -0.2) is 40.8 Å². The zero-order valence-electron chi connectivity index (χ0n) is 10.6. The summed E-state index contributed by atoms with van der Waals surface area (Å²) in [5.74, 6) is -1.56. The minimum absolute atomic E-state index is 0.0499. The summed E-state index contributed by atoms with van der Waals surface area (Å²) in [5, 5.41) is 8.91. The van der Waals surface area contributed by atoms with E-state index in [-0.39, 0.29) is 18.2 Å². The van der Waals surface area contributed by atoms with Gasteiger partial charge in [0.05, 0.1) is 5.92 Å². The number of amides is 1. The topological polar surface area (TPSA) is 74.7 Å². The van der Waals surface area contributed by atoms with Crippen molar-refractivity contribution >= 4 is 17.7 Å². The van der Waals surface area contributed by atoms with E-state index in [4.69, 9.17) is 5.11 Å². The lowest BCUT2D eigenvalue weighted by atomic mass is 10.1. The van der Waals surface area contributed by atoms with Crippen molar-refractivity contribution < 1.29 is 19.5 Å². The molecule has 19 heavy (non-hydrogen) atoms. The number of aliphatic carboxylic acids is 1. The lowest BCUT2D eigenvalue weighted by molar-refractivity contribution is -0.141. The zero-order chi connectivity index (χ0) is 14.0. The van der Waals surface area contributed by atoms with Crippen LogP contribution in [0.25, 0.3) is 0 Å². The number of carbonyl (C=O) groups is 3. The Labute approximate surface area is 110 Å². The summed E-state index contributed by atoms with van der Waals surface area (Å²) >= 11 is 0. The van der Waals surface area contributed by atoms with Crippen LogP contribution in [0.2, 0.25) is 0 Å². The average Bonchev–Trinajstić information content (AvgIpc) is 2.87. The Balaban J connectivity index is 2.08. The Kier molecular flexibility index (Phi) is 3.64. The van der Waals surface area contributed by atoms with E-state index in [0.717, 1.165) is 0 Å². The molecule has 1 atom stereocenters. The van der Waals surface area contributed by atoms with Gasteiger partial charge in [-0.2, -0.15) is 0 Å². The number of carbonyl (C=O) groups excluding carboxylic acids is 2. The van der Waals surface area contributed by atoms with E-state index in [2.05, 4.69) is 0 Å². The molecule has 5 nitrogen and oxygen atoms in total. The highest BCUT2D eigenvalue weighted by Crippen LogP contribution is 2.19. The fraction of sp³-hybridized carbons (Fsp3) is 0.357. The molecule has 1 fully saturated rings. The minimum Gasteiger partial charge on any atom is -0.481 e. The molecule has 0 aromatic heterocycles. The normalized spacial score (nSPS) is 18.4. The molecule has 1 aliphatic rings. The van der Waals surface area contributed by atoms with Crippen LogP contribution in [0.5, 0.6) is 0 Å². The van der Waals surface area contributed by atoms with Gasteiger partial charge in [-0.3, -0.25) is 14.4 Å². The van der Waals surface area contributed by atoms with E-state index in [1.54, 1.807) is 29.2 Å². The SMILES string of the molecule is CC(=O)c1ccc(C(=O)N2CCC(C(=O)O)C2)cc1. The van der Waals surface area contributed by atoms with E-state index in [0.29, 0.717) is 24.1 Å². The van der Waals surface area contributed by atoms with Crippen molar-refractivity contribution in [1.82, 2.24) is 4.90 Å². The second kappa shape index (κ2) is 5.22. The van der Waals surface area contributed by atoms with Crippen LogP contribution in [-0.2, 0) is 4.79 Å². The monoisotopic (exact) mass is 261 g/mol. The molecular formula is C14H15NO4. The standard InChI is InChI=1S/C14H15NO4/c1-9(16)10-2-4-11(5-3-10)13(17)15-7-6-12(8-15)14(18)19/h2-5,12H,6-8H2,1H3,(H,18,19). The number of likely N-dealkylation sites (tertiary alicyclic amines) is 1. The van der Waals surface area contributed by atoms with Gasteiger partial charge in [0.2, 0.25) is 0 Å². The molecule has 1 unspecified atom stereocenters. The van der Waals surface area contributed by atoms with Gasteiger partial charge in [0.1, 0.15) is 0 Å². The molecule has 1 aliphatic heterocycles. The summed E-state index contributed by atoms with van der Waals surface area (Å²) < 4.78 is 0. The predicted octanol–water partition coefficient (Wildman–Crippen LogP) is 1.44. The van der Waals surface area contributed by atoms with Crippen molar-refractivity contribution in [3.05, 3.63) is 35.4 Å². The third-order valence-electron chi connectivity index (χ3n) is 3.36. The van der Waals surface area contributed by atoms with Crippen molar-refractivity contribution in [2.24, 2.45) is 5.92 Å². The summed E-state index contributed by atoms with van der Waals surface area (Å²) in [6.45, 7) is 2.18. The maximum atomic E-state index is 12.1. The third-order valence-corrected chi connectivity index (χ3v) is 3.36. The summed E-state index contributed by atoms with van der Waals surface area (Å²) in [4.78, 5) is 35.7. The highest BCUT2D eigenvalue weighted by molar-refractivity contribution is 5.98. The van der Waals surface area contributed by atoms with Gasteiger partial charge in [-0.15, -0.1) is 0 Å². The minimum atomic E-state index is -0.859. The number of carboxylic acid groups (broad SMARTS) is 1. The number of Topliss-reactive ketones (excluding diaryl/α,β-unsaturated/α-hetero) is 1. The fourth-order valence-corrected chi connectivity index (χ4v) is 2.18. The first-order chi connectivity index (χ1) is 8.99. The highest BCUT2D eigenvalue weighted by atomic mass is 16.4. The van der Waals surface area contributed by atoms with E-state index in [1.807, 2.05) is 0 Å². The lowest BCUT2D eigenvalue weighted by Crippen LogP contribution is -2.29. The number of benzene rings is 1. The van der Waals surface area contributed by atoms with Crippen molar-refractivity contribution in [1.29, 1.82) is 0 Å². The summed E-state index contributed by atoms with van der Waals surface area (Å²) in [6, 6.07) is 6.43. The Bertz CT molecular complexity index is 521. The first-order valence-electron chi connectivity index (χ1n) is 6.12. The number of ketones is 1. The molecule has 1 aromatic rings. The molecule has 1 saturated heterocycles. The van der Waals surface area contributed by atoms with Gasteiger partial charge in [0.25, 0.3) is 5.91 Å². The molecule has 0 saturated carbocycles. The predicted molar refractivity (Wildman–Crippen MR) is 68.1 cm³/mol. The number of hydrogen-bond donors (Lipinski definition) is 1. The molecule has 2 rings (SSSR count). The van der Waals surface area contributed by atoms with Crippen LogP contribution in [0.1, 0.15) is 34.1 Å². The van der Waals surface area contributed by atoms with Gasteiger partial charge < -0.3 is 10.0 Å². The average molecular weight is 261 g/mol. The molecule has 1 aromatic carbocycles. The van der Waals surface area contributed by atoms with Crippen LogP contribution >= 0.6 is 0 Å². The van der Waals surface area contributed by atoms with E-state index in [1.165, 1.54) is 6.92 Å². The molecule has 0 radical (unpaired) electrons. The molecule has 1 heterocycles. The van der Waals surface area contributed by atoms with Crippen LogP contribution < -0.4 is 0 Å². The van der Waals surface area contributed by atoms with Crippen molar-refractivity contribution in [2.75, 3.05) is 13.1 Å². The van der Waals surface area contributed by atoms with Crippen molar-refractivity contribution in [2.45, 2.75) is 13.3 Å². The van der Waals surface area contributed by atoms with E-state index in [9.17, 15) is 14.4 Å². The van der Waals surface area contributed by atoms with Crippen molar-refractivity contribution in [3.63, 3.8) is 0 Å². The smallest absolute Gasteiger partial charge is 0.308 e. The summed E-state index contributed by atoms with van der Waals surface area (Å²) in [7, 11) is 0. The number of carboxylic acids is 1. The Morgan fingerprint density at radius 3 is 2.21 bits per heavy atom.